The molecule has 0 aliphatic heterocycles. The van der Waals surface area contributed by atoms with Gasteiger partial charge in [-0.2, -0.15) is 0 Å². The molecule has 0 unspecified atom stereocenters. The third-order valence-electron chi connectivity index (χ3n) is 3.50. The molecule has 0 saturated carbocycles. The van der Waals surface area contributed by atoms with E-state index in [4.69, 9.17) is 4.42 Å². The van der Waals surface area contributed by atoms with Crippen LogP contribution in [0.2, 0.25) is 0 Å². The summed E-state index contributed by atoms with van der Waals surface area (Å²) in [6.45, 7) is 1.82. The second kappa shape index (κ2) is 6.52. The molecule has 0 saturated heterocycles. The summed E-state index contributed by atoms with van der Waals surface area (Å²) in [6.07, 6.45) is 1.54. The van der Waals surface area contributed by atoms with Gasteiger partial charge in [0.1, 0.15) is 17.3 Å². The van der Waals surface area contributed by atoms with Gasteiger partial charge in [-0.3, -0.25) is 4.79 Å². The van der Waals surface area contributed by atoms with Gasteiger partial charge in [-0.15, -0.1) is 11.3 Å². The summed E-state index contributed by atoms with van der Waals surface area (Å²) >= 11 is 1.35. The largest absolute Gasteiger partial charge is 0.462 e. The summed E-state index contributed by atoms with van der Waals surface area (Å²) < 4.78 is 32.0. The lowest BCUT2D eigenvalue weighted by molar-refractivity contribution is 0.0778. The Bertz CT molecular complexity index is 875. The van der Waals surface area contributed by atoms with Crippen LogP contribution in [0.1, 0.15) is 20.9 Å². The normalized spacial score (nSPS) is 10.8. The number of rotatable bonds is 4. The van der Waals surface area contributed by atoms with Crippen molar-refractivity contribution in [2.75, 3.05) is 7.05 Å². The first-order valence-corrected chi connectivity index (χ1v) is 7.98. The van der Waals surface area contributed by atoms with E-state index >= 15 is 0 Å². The van der Waals surface area contributed by atoms with Gasteiger partial charge in [0, 0.05) is 30.1 Å². The molecule has 0 radical (unpaired) electrons. The van der Waals surface area contributed by atoms with Crippen molar-refractivity contribution >= 4 is 17.2 Å². The quantitative estimate of drug-likeness (QED) is 0.708. The number of aryl methyl sites for hydroxylation is 1. The molecule has 124 valence electrons. The molecule has 0 N–H and O–H groups in total. The molecule has 7 heteroatoms. The molecule has 0 aliphatic rings. The van der Waals surface area contributed by atoms with Crippen LogP contribution in [-0.2, 0) is 6.54 Å². The Morgan fingerprint density at radius 3 is 2.79 bits per heavy atom. The van der Waals surface area contributed by atoms with Crippen LogP contribution >= 0.6 is 11.3 Å². The maximum absolute atomic E-state index is 13.7. The summed E-state index contributed by atoms with van der Waals surface area (Å²) in [5, 5.41) is 0.613. The van der Waals surface area contributed by atoms with Gasteiger partial charge < -0.3 is 9.32 Å². The molecule has 0 aliphatic carbocycles. The lowest BCUT2D eigenvalue weighted by Crippen LogP contribution is -2.27. The molecular weight excluding hydrogens is 334 g/mol. The van der Waals surface area contributed by atoms with E-state index in [1.165, 1.54) is 34.6 Å². The van der Waals surface area contributed by atoms with Crippen LogP contribution in [-0.4, -0.2) is 22.8 Å². The summed E-state index contributed by atoms with van der Waals surface area (Å²) in [6, 6.07) is 6.81. The zero-order chi connectivity index (χ0) is 17.3. The van der Waals surface area contributed by atoms with E-state index in [2.05, 4.69) is 4.98 Å². The van der Waals surface area contributed by atoms with Gasteiger partial charge in [0.05, 0.1) is 6.26 Å². The highest BCUT2D eigenvalue weighted by Crippen LogP contribution is 2.28. The van der Waals surface area contributed by atoms with Crippen LogP contribution in [0.3, 0.4) is 0 Å². The standard InChI is InChI=1S/C17H14F2N2O2S/c1-10-15(20-16(24-10)14-4-3-7-23-14)17(22)21(2)9-11-5-6-12(18)8-13(11)19/h3-8H,9H2,1-2H3. The first kappa shape index (κ1) is 16.3. The fourth-order valence-electron chi connectivity index (χ4n) is 2.26. The Balaban J connectivity index is 1.81. The maximum Gasteiger partial charge on any atom is 0.273 e. The molecule has 3 aromatic rings. The number of benzene rings is 1. The number of hydrogen-bond donors (Lipinski definition) is 0. The van der Waals surface area contributed by atoms with Crippen molar-refractivity contribution < 1.29 is 18.0 Å². The third-order valence-corrected chi connectivity index (χ3v) is 4.49. The smallest absolute Gasteiger partial charge is 0.273 e. The van der Waals surface area contributed by atoms with Crippen molar-refractivity contribution in [3.8, 4) is 10.8 Å². The van der Waals surface area contributed by atoms with E-state index in [0.29, 0.717) is 16.5 Å². The Morgan fingerprint density at radius 1 is 1.33 bits per heavy atom. The highest BCUT2D eigenvalue weighted by atomic mass is 32.1. The van der Waals surface area contributed by atoms with Crippen LogP contribution in [0, 0.1) is 18.6 Å². The SMILES string of the molecule is Cc1sc(-c2ccco2)nc1C(=O)N(C)Cc1ccc(F)cc1F. The average molecular weight is 348 g/mol. The van der Waals surface area contributed by atoms with Crippen LogP contribution < -0.4 is 0 Å². The van der Waals surface area contributed by atoms with E-state index in [0.717, 1.165) is 10.9 Å². The van der Waals surface area contributed by atoms with Crippen LogP contribution in [0.5, 0.6) is 0 Å². The molecule has 2 aromatic heterocycles. The molecule has 2 heterocycles. The van der Waals surface area contributed by atoms with Crippen molar-refractivity contribution in [2.24, 2.45) is 0 Å². The highest BCUT2D eigenvalue weighted by molar-refractivity contribution is 7.15. The molecule has 0 fully saturated rings. The second-order valence-corrected chi connectivity index (χ2v) is 6.50. The Kier molecular flexibility index (Phi) is 4.44. The topological polar surface area (TPSA) is 46.3 Å². The monoisotopic (exact) mass is 348 g/mol. The van der Waals surface area contributed by atoms with Crippen molar-refractivity contribution in [3.05, 3.63) is 64.4 Å². The van der Waals surface area contributed by atoms with Gasteiger partial charge in [0.2, 0.25) is 0 Å². The molecule has 1 amide bonds. The molecule has 1 aromatic carbocycles. The summed E-state index contributed by atoms with van der Waals surface area (Å²) in [5.74, 6) is -1.07. The number of carbonyl (C=O) groups excluding carboxylic acids is 1. The van der Waals surface area contributed by atoms with Gasteiger partial charge in [0.25, 0.3) is 5.91 Å². The molecular formula is C17H14F2N2O2S. The van der Waals surface area contributed by atoms with Crippen molar-refractivity contribution in [3.63, 3.8) is 0 Å². The number of thiazole rings is 1. The number of amides is 1. The van der Waals surface area contributed by atoms with Gasteiger partial charge in [-0.25, -0.2) is 13.8 Å². The van der Waals surface area contributed by atoms with Gasteiger partial charge in [-0.05, 0) is 25.1 Å². The molecule has 3 rings (SSSR count). The number of carbonyl (C=O) groups is 1. The molecule has 4 nitrogen and oxygen atoms in total. The lowest BCUT2D eigenvalue weighted by Gasteiger charge is -2.17. The number of furan rings is 1. The predicted molar refractivity (Wildman–Crippen MR) is 86.7 cm³/mol. The Morgan fingerprint density at radius 2 is 2.12 bits per heavy atom. The zero-order valence-corrected chi connectivity index (χ0v) is 13.9. The fraction of sp³-hybridized carbons (Fsp3) is 0.176. The van der Waals surface area contributed by atoms with Crippen molar-refractivity contribution in [1.29, 1.82) is 0 Å². The number of halogens is 2. The molecule has 24 heavy (non-hydrogen) atoms. The Hall–Kier alpha value is -2.54. The number of hydrogen-bond acceptors (Lipinski definition) is 4. The minimum atomic E-state index is -0.680. The van der Waals surface area contributed by atoms with Crippen molar-refractivity contribution in [1.82, 2.24) is 9.88 Å². The van der Waals surface area contributed by atoms with Gasteiger partial charge in [0.15, 0.2) is 10.8 Å². The fourth-order valence-corrected chi connectivity index (χ4v) is 3.13. The van der Waals surface area contributed by atoms with Gasteiger partial charge in [-0.1, -0.05) is 6.07 Å². The van der Waals surface area contributed by atoms with Crippen LogP contribution in [0.25, 0.3) is 10.8 Å². The second-order valence-electron chi connectivity index (χ2n) is 5.30. The lowest BCUT2D eigenvalue weighted by atomic mass is 10.2. The van der Waals surface area contributed by atoms with Crippen LogP contribution in [0.15, 0.2) is 41.0 Å². The zero-order valence-electron chi connectivity index (χ0n) is 13.0. The molecule has 0 spiro atoms. The third kappa shape index (κ3) is 3.21. The summed E-state index contributed by atoms with van der Waals surface area (Å²) in [5.41, 5.74) is 0.544. The van der Waals surface area contributed by atoms with E-state index < -0.39 is 11.6 Å². The van der Waals surface area contributed by atoms with Crippen LogP contribution in [0.4, 0.5) is 8.78 Å². The predicted octanol–water partition coefficient (Wildman–Crippen LogP) is 4.26. The van der Waals surface area contributed by atoms with E-state index in [1.54, 1.807) is 26.1 Å². The maximum atomic E-state index is 13.7. The number of aromatic nitrogens is 1. The van der Waals surface area contributed by atoms with Gasteiger partial charge >= 0.3 is 0 Å². The minimum Gasteiger partial charge on any atom is -0.462 e. The van der Waals surface area contributed by atoms with Crippen molar-refractivity contribution in [2.45, 2.75) is 13.5 Å². The Labute approximate surface area is 141 Å². The highest BCUT2D eigenvalue weighted by Gasteiger charge is 2.21. The minimum absolute atomic E-state index is 0.0258. The molecule has 0 atom stereocenters. The summed E-state index contributed by atoms with van der Waals surface area (Å²) in [4.78, 5) is 19.0. The number of nitrogens with zero attached hydrogens (tertiary/aromatic N) is 2. The molecule has 0 bridgehead atoms. The average Bonchev–Trinajstić information content (AvgIpc) is 3.18. The first-order valence-electron chi connectivity index (χ1n) is 7.16. The van der Waals surface area contributed by atoms with E-state index in [1.807, 2.05) is 0 Å². The van der Waals surface area contributed by atoms with E-state index in [9.17, 15) is 13.6 Å². The first-order chi connectivity index (χ1) is 11.5. The summed E-state index contributed by atoms with van der Waals surface area (Å²) in [7, 11) is 1.55. The van der Waals surface area contributed by atoms with E-state index in [-0.39, 0.29) is 18.0 Å².